The first-order chi connectivity index (χ1) is 7.24. The molecule has 0 aliphatic carbocycles. The second-order valence-corrected chi connectivity index (χ2v) is 4.36. The Labute approximate surface area is 92.5 Å². The fourth-order valence-corrected chi connectivity index (χ4v) is 1.83. The summed E-state index contributed by atoms with van der Waals surface area (Å²) in [5, 5.41) is 9.76. The van der Waals surface area contributed by atoms with Gasteiger partial charge in [-0.05, 0) is 19.3 Å². The van der Waals surface area contributed by atoms with E-state index >= 15 is 0 Å². The largest absolute Gasteiger partial charge is 0.419 e. The van der Waals surface area contributed by atoms with Crippen LogP contribution in [0, 0.1) is 5.92 Å². The number of aliphatic hydroxyl groups is 1. The average molecular weight is 242 g/mol. The monoisotopic (exact) mass is 242 g/mol. The molecule has 1 aliphatic heterocycles. The number of aliphatic hydroxyl groups excluding tert-OH is 1. The lowest BCUT2D eigenvalue weighted by atomic mass is 9.84. The zero-order valence-corrected chi connectivity index (χ0v) is 9.54. The van der Waals surface area contributed by atoms with Crippen molar-refractivity contribution >= 4 is 0 Å². The summed E-state index contributed by atoms with van der Waals surface area (Å²) in [5.74, 6) is -0.226. The molecule has 1 heterocycles. The number of methoxy groups -OCH3 is 1. The maximum atomic E-state index is 12.9. The van der Waals surface area contributed by atoms with Crippen LogP contribution < -0.4 is 0 Å². The molecule has 0 aromatic heterocycles. The van der Waals surface area contributed by atoms with Gasteiger partial charge in [-0.25, -0.2) is 0 Å². The lowest BCUT2D eigenvalue weighted by molar-refractivity contribution is -0.318. The smallest absolute Gasteiger partial charge is 0.390 e. The van der Waals surface area contributed by atoms with Crippen molar-refractivity contribution in [3.05, 3.63) is 0 Å². The minimum Gasteiger partial charge on any atom is -0.390 e. The fraction of sp³-hybridized carbons (Fsp3) is 1.00. The molecule has 0 bridgehead atoms. The Balaban J connectivity index is 2.95. The van der Waals surface area contributed by atoms with Crippen LogP contribution in [0.15, 0.2) is 0 Å². The summed E-state index contributed by atoms with van der Waals surface area (Å²) in [6.45, 7) is 2.81. The van der Waals surface area contributed by atoms with E-state index in [-0.39, 0.29) is 12.5 Å². The predicted molar refractivity (Wildman–Crippen MR) is 51.0 cm³/mol. The van der Waals surface area contributed by atoms with E-state index in [0.29, 0.717) is 6.42 Å². The molecule has 1 fully saturated rings. The summed E-state index contributed by atoms with van der Waals surface area (Å²) in [5.41, 5.74) is -2.47. The van der Waals surface area contributed by atoms with Gasteiger partial charge in [0.25, 0.3) is 0 Å². The molecule has 0 saturated carbocycles. The van der Waals surface area contributed by atoms with Crippen LogP contribution in [0.1, 0.15) is 20.3 Å². The van der Waals surface area contributed by atoms with Crippen molar-refractivity contribution in [3.63, 3.8) is 0 Å². The zero-order chi connectivity index (χ0) is 12.6. The molecule has 96 valence electrons. The van der Waals surface area contributed by atoms with Crippen LogP contribution in [-0.4, -0.2) is 42.8 Å². The van der Waals surface area contributed by atoms with E-state index in [9.17, 15) is 18.3 Å². The van der Waals surface area contributed by atoms with Crippen LogP contribution in [-0.2, 0) is 9.47 Å². The van der Waals surface area contributed by atoms with E-state index < -0.39 is 24.0 Å². The minimum absolute atomic E-state index is 0.206. The molecule has 0 aromatic carbocycles. The van der Waals surface area contributed by atoms with Crippen LogP contribution in [0.5, 0.6) is 0 Å². The molecule has 3 nitrogen and oxygen atoms in total. The van der Waals surface area contributed by atoms with E-state index in [1.54, 1.807) is 6.92 Å². The van der Waals surface area contributed by atoms with Gasteiger partial charge >= 0.3 is 6.18 Å². The van der Waals surface area contributed by atoms with Gasteiger partial charge in [-0.2, -0.15) is 13.2 Å². The lowest BCUT2D eigenvalue weighted by Crippen LogP contribution is -2.61. The van der Waals surface area contributed by atoms with Crippen molar-refractivity contribution in [1.82, 2.24) is 0 Å². The van der Waals surface area contributed by atoms with Crippen molar-refractivity contribution in [1.29, 1.82) is 0 Å². The third-order valence-electron chi connectivity index (χ3n) is 3.29. The Kier molecular flexibility index (Phi) is 3.87. The standard InChI is InChI=1S/C10H17F3O3/c1-6-4-5-16-8(7(6)14)9(2,15-3)10(11,12)13/h6-8,14H,4-5H2,1-3H3/t6-,7+,8+,9+/m1/s1. The molecule has 0 unspecified atom stereocenters. The maximum Gasteiger partial charge on any atom is 0.419 e. The molecule has 0 spiro atoms. The number of hydrogen-bond donors (Lipinski definition) is 1. The van der Waals surface area contributed by atoms with Crippen LogP contribution in [0.4, 0.5) is 13.2 Å². The molecule has 0 amide bonds. The van der Waals surface area contributed by atoms with Crippen molar-refractivity contribution < 1.29 is 27.8 Å². The molecule has 1 aliphatic rings. The normalized spacial score (nSPS) is 35.8. The van der Waals surface area contributed by atoms with Crippen molar-refractivity contribution in [2.75, 3.05) is 13.7 Å². The Morgan fingerprint density at radius 1 is 1.38 bits per heavy atom. The summed E-state index contributed by atoms with van der Waals surface area (Å²) < 4.78 is 48.2. The van der Waals surface area contributed by atoms with Crippen molar-refractivity contribution in [3.8, 4) is 0 Å². The quantitative estimate of drug-likeness (QED) is 0.801. The van der Waals surface area contributed by atoms with Gasteiger partial charge in [-0.3, -0.25) is 0 Å². The van der Waals surface area contributed by atoms with Gasteiger partial charge < -0.3 is 14.6 Å². The number of rotatable bonds is 2. The highest BCUT2D eigenvalue weighted by molar-refractivity contribution is 4.98. The van der Waals surface area contributed by atoms with Crippen LogP contribution in [0.3, 0.4) is 0 Å². The van der Waals surface area contributed by atoms with Crippen molar-refractivity contribution in [2.45, 2.75) is 44.3 Å². The summed E-state index contributed by atoms with van der Waals surface area (Å²) in [4.78, 5) is 0. The number of ether oxygens (including phenoxy) is 2. The van der Waals surface area contributed by atoms with E-state index in [2.05, 4.69) is 4.74 Å². The minimum atomic E-state index is -4.58. The van der Waals surface area contributed by atoms with Gasteiger partial charge in [0, 0.05) is 13.7 Å². The molecule has 4 atom stereocenters. The Bertz CT molecular complexity index is 244. The van der Waals surface area contributed by atoms with Crippen LogP contribution in [0.2, 0.25) is 0 Å². The summed E-state index contributed by atoms with van der Waals surface area (Å²) in [6.07, 6.45) is -6.57. The second-order valence-electron chi connectivity index (χ2n) is 4.36. The first kappa shape index (κ1) is 13.7. The van der Waals surface area contributed by atoms with E-state index in [1.807, 2.05) is 0 Å². The third kappa shape index (κ3) is 2.19. The van der Waals surface area contributed by atoms with Gasteiger partial charge in [0.05, 0.1) is 6.10 Å². The SMILES string of the molecule is CO[C@@](C)([C@H]1OCC[C@@H](C)[C@@H]1O)C(F)(F)F. The molecule has 0 aromatic rings. The van der Waals surface area contributed by atoms with Gasteiger partial charge in [-0.1, -0.05) is 6.92 Å². The highest BCUT2D eigenvalue weighted by Crippen LogP contribution is 2.41. The summed E-state index contributed by atoms with van der Waals surface area (Å²) >= 11 is 0. The molecule has 16 heavy (non-hydrogen) atoms. The number of hydrogen-bond acceptors (Lipinski definition) is 3. The van der Waals surface area contributed by atoms with E-state index in [0.717, 1.165) is 14.0 Å². The highest BCUT2D eigenvalue weighted by atomic mass is 19.4. The van der Waals surface area contributed by atoms with Gasteiger partial charge in [0.1, 0.15) is 6.10 Å². The van der Waals surface area contributed by atoms with Crippen LogP contribution in [0.25, 0.3) is 0 Å². The number of alkyl halides is 3. The number of halogens is 3. The Morgan fingerprint density at radius 3 is 2.38 bits per heavy atom. The predicted octanol–water partition coefficient (Wildman–Crippen LogP) is 1.74. The van der Waals surface area contributed by atoms with Crippen molar-refractivity contribution in [2.24, 2.45) is 5.92 Å². The second kappa shape index (κ2) is 4.50. The first-order valence-electron chi connectivity index (χ1n) is 5.15. The lowest BCUT2D eigenvalue weighted by Gasteiger charge is -2.43. The molecule has 6 heteroatoms. The molecular formula is C10H17F3O3. The first-order valence-corrected chi connectivity index (χ1v) is 5.15. The third-order valence-corrected chi connectivity index (χ3v) is 3.29. The maximum absolute atomic E-state index is 12.9. The molecule has 1 N–H and O–H groups in total. The Morgan fingerprint density at radius 2 is 1.94 bits per heavy atom. The van der Waals surface area contributed by atoms with E-state index in [4.69, 9.17) is 4.74 Å². The molecule has 1 rings (SSSR count). The Hall–Kier alpha value is -0.330. The topological polar surface area (TPSA) is 38.7 Å². The highest BCUT2D eigenvalue weighted by Gasteiger charge is 2.60. The van der Waals surface area contributed by atoms with Gasteiger partial charge in [0.2, 0.25) is 0 Å². The van der Waals surface area contributed by atoms with Crippen LogP contribution >= 0.6 is 0 Å². The molecule has 1 saturated heterocycles. The average Bonchev–Trinajstić information content (AvgIpc) is 2.19. The fourth-order valence-electron chi connectivity index (χ4n) is 1.83. The zero-order valence-electron chi connectivity index (χ0n) is 9.54. The molecule has 0 radical (unpaired) electrons. The summed E-state index contributed by atoms with van der Waals surface area (Å²) in [7, 11) is 0.975. The summed E-state index contributed by atoms with van der Waals surface area (Å²) in [6, 6.07) is 0. The molecular weight excluding hydrogens is 225 g/mol. The van der Waals surface area contributed by atoms with Gasteiger partial charge in [-0.15, -0.1) is 0 Å². The van der Waals surface area contributed by atoms with E-state index in [1.165, 1.54) is 0 Å². The van der Waals surface area contributed by atoms with Gasteiger partial charge in [0.15, 0.2) is 5.60 Å².